The molecular weight excluding hydrogens is 388 g/mol. The second-order valence-electron chi connectivity index (χ2n) is 7.27. The molecule has 3 aromatic rings. The molecule has 2 heterocycles. The first-order chi connectivity index (χ1) is 14.1. The van der Waals surface area contributed by atoms with Crippen LogP contribution in [0.15, 0.2) is 53.3 Å². The maximum Gasteiger partial charge on any atom is 0.310 e. The van der Waals surface area contributed by atoms with Gasteiger partial charge in [-0.05, 0) is 43.5 Å². The van der Waals surface area contributed by atoms with Crippen LogP contribution < -0.4 is 10.5 Å². The lowest BCUT2D eigenvalue weighted by molar-refractivity contribution is -0.148. The van der Waals surface area contributed by atoms with Gasteiger partial charge >= 0.3 is 5.97 Å². The van der Waals surface area contributed by atoms with E-state index in [0.29, 0.717) is 30.4 Å². The number of pyridine rings is 1. The summed E-state index contributed by atoms with van der Waals surface area (Å²) < 4.78 is 5.23. The molecule has 1 atom stereocenters. The molecule has 0 aliphatic carbocycles. The van der Waals surface area contributed by atoms with E-state index in [9.17, 15) is 9.59 Å². The minimum absolute atomic E-state index is 0.164. The van der Waals surface area contributed by atoms with E-state index < -0.39 is 0 Å². The van der Waals surface area contributed by atoms with Crippen molar-refractivity contribution in [3.05, 3.63) is 63.9 Å². The molecule has 0 unspecified atom stereocenters. The van der Waals surface area contributed by atoms with Gasteiger partial charge in [-0.15, -0.1) is 0 Å². The highest BCUT2D eigenvalue weighted by Crippen LogP contribution is 2.37. The SMILES string of the molecule is CCOC(=O)[C@H]1CCCN(c2c(-c3ccccc3)c3cc(Cl)ccc3[nH]c2=O)C1. The number of esters is 1. The average Bonchev–Trinajstić information content (AvgIpc) is 2.74. The third-order valence-electron chi connectivity index (χ3n) is 5.37. The summed E-state index contributed by atoms with van der Waals surface area (Å²) in [6.07, 6.45) is 1.60. The maximum atomic E-state index is 13.2. The molecule has 0 radical (unpaired) electrons. The Morgan fingerprint density at radius 3 is 2.79 bits per heavy atom. The van der Waals surface area contributed by atoms with E-state index in [-0.39, 0.29) is 17.4 Å². The van der Waals surface area contributed by atoms with Crippen LogP contribution in [0.3, 0.4) is 0 Å². The lowest BCUT2D eigenvalue weighted by Crippen LogP contribution is -2.42. The van der Waals surface area contributed by atoms with Crippen molar-refractivity contribution in [2.75, 3.05) is 24.6 Å². The molecule has 1 aromatic heterocycles. The first-order valence-electron chi connectivity index (χ1n) is 9.91. The van der Waals surface area contributed by atoms with Crippen LogP contribution >= 0.6 is 11.6 Å². The van der Waals surface area contributed by atoms with E-state index in [4.69, 9.17) is 16.3 Å². The Morgan fingerprint density at radius 2 is 2.03 bits per heavy atom. The molecule has 1 saturated heterocycles. The molecule has 29 heavy (non-hydrogen) atoms. The van der Waals surface area contributed by atoms with Gasteiger partial charge in [0.05, 0.1) is 12.5 Å². The zero-order chi connectivity index (χ0) is 20.4. The van der Waals surface area contributed by atoms with Crippen LogP contribution in [0, 0.1) is 5.92 Å². The third kappa shape index (κ3) is 3.87. The van der Waals surface area contributed by atoms with Crippen molar-refractivity contribution >= 4 is 34.2 Å². The van der Waals surface area contributed by atoms with Crippen molar-refractivity contribution in [2.24, 2.45) is 5.92 Å². The summed E-state index contributed by atoms with van der Waals surface area (Å²) in [4.78, 5) is 30.5. The molecule has 1 aliphatic heterocycles. The fourth-order valence-electron chi connectivity index (χ4n) is 4.09. The predicted octanol–water partition coefficient (Wildman–Crippen LogP) is 4.63. The van der Waals surface area contributed by atoms with E-state index in [1.54, 1.807) is 6.07 Å². The Bertz CT molecular complexity index is 1090. The molecule has 2 aromatic carbocycles. The summed E-state index contributed by atoms with van der Waals surface area (Å²) in [6, 6.07) is 15.3. The Morgan fingerprint density at radius 1 is 1.24 bits per heavy atom. The largest absolute Gasteiger partial charge is 0.466 e. The molecule has 0 spiro atoms. The number of nitrogens with one attached hydrogen (secondary N) is 1. The first kappa shape index (κ1) is 19.5. The van der Waals surface area contributed by atoms with E-state index in [1.165, 1.54) is 0 Å². The number of halogens is 1. The molecule has 0 bridgehead atoms. The van der Waals surface area contributed by atoms with Gasteiger partial charge in [0, 0.05) is 34.6 Å². The molecule has 4 rings (SSSR count). The summed E-state index contributed by atoms with van der Waals surface area (Å²) in [5.41, 5.74) is 2.94. The second kappa shape index (κ2) is 8.29. The number of ether oxygens (including phenoxy) is 1. The number of rotatable bonds is 4. The summed E-state index contributed by atoms with van der Waals surface area (Å²) in [7, 11) is 0. The van der Waals surface area contributed by atoms with Gasteiger partial charge in [-0.25, -0.2) is 0 Å². The molecule has 6 heteroatoms. The average molecular weight is 411 g/mol. The lowest BCUT2D eigenvalue weighted by atomic mass is 9.94. The summed E-state index contributed by atoms with van der Waals surface area (Å²) in [5.74, 6) is -0.430. The number of aromatic amines is 1. The number of carbonyl (C=O) groups is 1. The Labute approximate surface area is 174 Å². The van der Waals surface area contributed by atoms with Crippen LogP contribution in [0.4, 0.5) is 5.69 Å². The highest BCUT2D eigenvalue weighted by Gasteiger charge is 2.30. The molecule has 150 valence electrons. The third-order valence-corrected chi connectivity index (χ3v) is 5.61. The van der Waals surface area contributed by atoms with Crippen molar-refractivity contribution in [1.29, 1.82) is 0 Å². The number of benzene rings is 2. The fraction of sp³-hybridized carbons (Fsp3) is 0.304. The normalized spacial score (nSPS) is 16.8. The van der Waals surface area contributed by atoms with Crippen molar-refractivity contribution in [1.82, 2.24) is 4.98 Å². The molecule has 1 fully saturated rings. The summed E-state index contributed by atoms with van der Waals surface area (Å²) in [5, 5.41) is 1.49. The van der Waals surface area contributed by atoms with Crippen molar-refractivity contribution in [3.63, 3.8) is 0 Å². The zero-order valence-electron chi connectivity index (χ0n) is 16.3. The minimum Gasteiger partial charge on any atom is -0.466 e. The van der Waals surface area contributed by atoms with E-state index >= 15 is 0 Å². The minimum atomic E-state index is -0.234. The topological polar surface area (TPSA) is 62.4 Å². The van der Waals surface area contributed by atoms with Gasteiger partial charge < -0.3 is 14.6 Å². The van der Waals surface area contributed by atoms with Crippen LogP contribution in [-0.2, 0) is 9.53 Å². The van der Waals surface area contributed by atoms with Crippen molar-refractivity contribution in [3.8, 4) is 11.1 Å². The smallest absolute Gasteiger partial charge is 0.310 e. The van der Waals surface area contributed by atoms with Crippen LogP contribution in [-0.4, -0.2) is 30.6 Å². The van der Waals surface area contributed by atoms with Gasteiger partial charge in [0.1, 0.15) is 5.69 Å². The highest BCUT2D eigenvalue weighted by atomic mass is 35.5. The lowest BCUT2D eigenvalue weighted by Gasteiger charge is -2.34. The van der Waals surface area contributed by atoms with Crippen molar-refractivity contribution in [2.45, 2.75) is 19.8 Å². The monoisotopic (exact) mass is 410 g/mol. The number of piperidine rings is 1. The number of aromatic nitrogens is 1. The van der Waals surface area contributed by atoms with Crippen LogP contribution in [0.5, 0.6) is 0 Å². The van der Waals surface area contributed by atoms with Crippen LogP contribution in [0.1, 0.15) is 19.8 Å². The quantitative estimate of drug-likeness (QED) is 0.637. The standard InChI is InChI=1S/C23H23ClN2O3/c1-2-29-23(28)16-9-6-12-26(14-16)21-20(15-7-4-3-5-8-15)18-13-17(24)10-11-19(18)25-22(21)27/h3-5,7-8,10-11,13,16H,2,6,9,12,14H2,1H3,(H,25,27)/t16-/m0/s1. The number of anilines is 1. The Kier molecular flexibility index (Phi) is 5.58. The number of H-pyrrole nitrogens is 1. The van der Waals surface area contributed by atoms with Gasteiger partial charge in [-0.2, -0.15) is 0 Å². The van der Waals surface area contributed by atoms with Crippen LogP contribution in [0.2, 0.25) is 5.02 Å². The molecule has 0 amide bonds. The Balaban J connectivity index is 1.89. The molecular formula is C23H23ClN2O3. The second-order valence-corrected chi connectivity index (χ2v) is 7.71. The van der Waals surface area contributed by atoms with Gasteiger partial charge in [0.2, 0.25) is 0 Å². The number of carbonyl (C=O) groups excluding carboxylic acids is 1. The maximum absolute atomic E-state index is 13.2. The zero-order valence-corrected chi connectivity index (χ0v) is 17.0. The first-order valence-corrected chi connectivity index (χ1v) is 10.3. The highest BCUT2D eigenvalue weighted by molar-refractivity contribution is 6.31. The number of nitrogens with zero attached hydrogens (tertiary/aromatic N) is 1. The van der Waals surface area contributed by atoms with Gasteiger partial charge in [-0.3, -0.25) is 9.59 Å². The number of fused-ring (bicyclic) bond motifs is 1. The van der Waals surface area contributed by atoms with E-state index in [0.717, 1.165) is 34.9 Å². The van der Waals surface area contributed by atoms with Gasteiger partial charge in [-0.1, -0.05) is 41.9 Å². The van der Waals surface area contributed by atoms with E-state index in [2.05, 4.69) is 4.98 Å². The predicted molar refractivity (Wildman–Crippen MR) is 117 cm³/mol. The molecule has 0 saturated carbocycles. The van der Waals surface area contributed by atoms with Gasteiger partial charge in [0.15, 0.2) is 0 Å². The molecule has 1 aliphatic rings. The van der Waals surface area contributed by atoms with E-state index in [1.807, 2.05) is 54.3 Å². The molecule has 1 N–H and O–H groups in total. The fourth-order valence-corrected chi connectivity index (χ4v) is 4.26. The summed E-state index contributed by atoms with van der Waals surface area (Å²) >= 11 is 6.29. The van der Waals surface area contributed by atoms with Crippen molar-refractivity contribution < 1.29 is 9.53 Å². The number of hydrogen-bond acceptors (Lipinski definition) is 4. The molecule has 5 nitrogen and oxygen atoms in total. The summed E-state index contributed by atoms with van der Waals surface area (Å²) in [6.45, 7) is 3.35. The van der Waals surface area contributed by atoms with Crippen LogP contribution in [0.25, 0.3) is 22.0 Å². The van der Waals surface area contributed by atoms with Gasteiger partial charge in [0.25, 0.3) is 5.56 Å². The number of hydrogen-bond donors (Lipinski definition) is 1. The Hall–Kier alpha value is -2.79.